The highest BCUT2D eigenvalue weighted by atomic mass is 16.1. The molecule has 2 aromatic heterocycles. The molecule has 2 fully saturated rings. The van der Waals surface area contributed by atoms with E-state index < -0.39 is 0 Å². The Kier molecular flexibility index (Phi) is 6.97. The van der Waals surface area contributed by atoms with Crippen molar-refractivity contribution in [2.24, 2.45) is 0 Å². The number of likely N-dealkylation sites (N-methyl/N-ethyl adjacent to an activating group) is 1. The number of nitrogens with zero attached hydrogens (tertiary/aromatic N) is 5. The Bertz CT molecular complexity index is 1330. The standard InChI is InChI=1S/C28H38N6O2/c1-5-6-13-29-28-30-15-25-23-12-9-21(33-17-18(2)32(4)16-19(33)3)14-24(23)27(36)34(26(25)31-28)20-7-10-22(35)11-8-20/h9,12,14-15,18-20H,5-8,10-11,13,16-17H2,1-4H3,(H,29,30,31)/t18-,19+/m1/s1. The summed E-state index contributed by atoms with van der Waals surface area (Å²) in [5.74, 6) is 0.827. The van der Waals surface area contributed by atoms with Crippen molar-refractivity contribution in [1.29, 1.82) is 0 Å². The molecule has 1 saturated heterocycles. The molecule has 3 heterocycles. The molecule has 0 bridgehead atoms. The van der Waals surface area contributed by atoms with Gasteiger partial charge in [-0.25, -0.2) is 4.98 Å². The molecule has 1 aliphatic heterocycles. The van der Waals surface area contributed by atoms with Crippen LogP contribution in [0.5, 0.6) is 0 Å². The summed E-state index contributed by atoms with van der Waals surface area (Å²) in [4.78, 5) is 40.3. The maximum Gasteiger partial charge on any atom is 0.260 e. The lowest BCUT2D eigenvalue weighted by Crippen LogP contribution is -2.55. The highest BCUT2D eigenvalue weighted by Gasteiger charge is 2.28. The smallest absolute Gasteiger partial charge is 0.260 e. The van der Waals surface area contributed by atoms with Gasteiger partial charge in [0.05, 0.1) is 5.39 Å². The van der Waals surface area contributed by atoms with Gasteiger partial charge in [-0.3, -0.25) is 19.1 Å². The Balaban J connectivity index is 1.65. The first-order valence-corrected chi connectivity index (χ1v) is 13.4. The second kappa shape index (κ2) is 10.2. The van der Waals surface area contributed by atoms with Crippen molar-refractivity contribution in [3.63, 3.8) is 0 Å². The predicted octanol–water partition coefficient (Wildman–Crippen LogP) is 4.37. The third kappa shape index (κ3) is 4.59. The third-order valence-corrected chi connectivity index (χ3v) is 8.06. The number of benzene rings is 1. The van der Waals surface area contributed by atoms with Crippen LogP contribution in [0, 0.1) is 0 Å². The number of carbonyl (C=O) groups is 1. The lowest BCUT2D eigenvalue weighted by atomic mass is 9.93. The summed E-state index contributed by atoms with van der Waals surface area (Å²) >= 11 is 0. The Labute approximate surface area is 212 Å². The number of piperazine rings is 1. The molecule has 1 aromatic carbocycles. The Hall–Kier alpha value is -3.00. The van der Waals surface area contributed by atoms with Crippen molar-refractivity contribution in [3.8, 4) is 0 Å². The van der Waals surface area contributed by atoms with Crippen LogP contribution < -0.4 is 15.8 Å². The Morgan fingerprint density at radius 2 is 1.81 bits per heavy atom. The average molecular weight is 491 g/mol. The van der Waals surface area contributed by atoms with Crippen LogP contribution in [0.1, 0.15) is 65.3 Å². The molecular formula is C28H38N6O2. The quantitative estimate of drug-likeness (QED) is 0.406. The van der Waals surface area contributed by atoms with E-state index in [1.807, 2.05) is 10.8 Å². The van der Waals surface area contributed by atoms with Gasteiger partial charge in [0.2, 0.25) is 5.95 Å². The number of anilines is 2. The molecule has 8 heteroatoms. The van der Waals surface area contributed by atoms with E-state index in [1.54, 1.807) is 0 Å². The van der Waals surface area contributed by atoms with Crippen LogP contribution in [0.3, 0.4) is 0 Å². The van der Waals surface area contributed by atoms with Crippen LogP contribution in [0.25, 0.3) is 21.8 Å². The molecule has 0 amide bonds. The van der Waals surface area contributed by atoms with Crippen molar-refractivity contribution >= 4 is 39.2 Å². The summed E-state index contributed by atoms with van der Waals surface area (Å²) in [6.07, 6.45) is 6.34. The molecule has 1 aliphatic carbocycles. The Morgan fingerprint density at radius 3 is 2.56 bits per heavy atom. The normalized spacial score (nSPS) is 22.0. The zero-order valence-electron chi connectivity index (χ0n) is 22.0. The zero-order chi connectivity index (χ0) is 25.4. The summed E-state index contributed by atoms with van der Waals surface area (Å²) < 4.78 is 1.86. The predicted molar refractivity (Wildman–Crippen MR) is 146 cm³/mol. The number of hydrogen-bond donors (Lipinski definition) is 1. The SMILES string of the molecule is CCCCNc1ncc2c3ccc(N4C[C@@H](C)N(C)C[C@@H]4C)cc3c(=O)n(C3CCC(=O)CC3)c2n1. The van der Waals surface area contributed by atoms with Gasteiger partial charge in [-0.2, -0.15) is 4.98 Å². The van der Waals surface area contributed by atoms with Crippen molar-refractivity contribution in [3.05, 3.63) is 34.7 Å². The van der Waals surface area contributed by atoms with E-state index in [1.165, 1.54) is 0 Å². The highest BCUT2D eigenvalue weighted by molar-refractivity contribution is 6.05. The van der Waals surface area contributed by atoms with Crippen molar-refractivity contribution in [2.45, 2.75) is 77.4 Å². The number of Topliss-reactive ketones (excluding diaryl/α,β-unsaturated/α-hetero) is 1. The van der Waals surface area contributed by atoms with Gasteiger partial charge in [-0.05, 0) is 57.7 Å². The minimum atomic E-state index is -0.0354. The van der Waals surface area contributed by atoms with Crippen molar-refractivity contribution in [2.75, 3.05) is 36.9 Å². The topological polar surface area (TPSA) is 83.4 Å². The van der Waals surface area contributed by atoms with Crippen LogP contribution in [-0.2, 0) is 4.79 Å². The van der Waals surface area contributed by atoms with Gasteiger partial charge in [0.1, 0.15) is 11.4 Å². The van der Waals surface area contributed by atoms with E-state index in [0.29, 0.717) is 54.7 Å². The second-order valence-electron chi connectivity index (χ2n) is 10.7. The number of aromatic nitrogens is 3. The number of nitrogens with one attached hydrogen (secondary N) is 1. The fourth-order valence-corrected chi connectivity index (χ4v) is 5.74. The summed E-state index contributed by atoms with van der Waals surface area (Å²) in [5.41, 5.74) is 1.72. The first-order chi connectivity index (χ1) is 17.4. The van der Waals surface area contributed by atoms with Crippen molar-refractivity contribution in [1.82, 2.24) is 19.4 Å². The molecule has 2 atom stereocenters. The number of carbonyl (C=O) groups excluding carboxylic acids is 1. The molecular weight excluding hydrogens is 452 g/mol. The summed E-state index contributed by atoms with van der Waals surface area (Å²) in [6.45, 7) is 9.33. The van der Waals surface area contributed by atoms with E-state index in [-0.39, 0.29) is 17.4 Å². The zero-order valence-corrected chi connectivity index (χ0v) is 22.0. The number of ketones is 1. The third-order valence-electron chi connectivity index (χ3n) is 8.06. The average Bonchev–Trinajstić information content (AvgIpc) is 2.87. The van der Waals surface area contributed by atoms with E-state index in [4.69, 9.17) is 4.98 Å². The Morgan fingerprint density at radius 1 is 1.03 bits per heavy atom. The van der Waals surface area contributed by atoms with E-state index >= 15 is 0 Å². The van der Waals surface area contributed by atoms with Gasteiger partial charge >= 0.3 is 0 Å². The maximum atomic E-state index is 14.1. The number of pyridine rings is 1. The van der Waals surface area contributed by atoms with Crippen LogP contribution in [0.2, 0.25) is 0 Å². The minimum Gasteiger partial charge on any atom is -0.366 e. The largest absolute Gasteiger partial charge is 0.366 e. The van der Waals surface area contributed by atoms with Gasteiger partial charge in [0.15, 0.2) is 0 Å². The summed E-state index contributed by atoms with van der Waals surface area (Å²) in [5, 5.41) is 5.77. The molecule has 36 heavy (non-hydrogen) atoms. The fraction of sp³-hybridized carbons (Fsp3) is 0.571. The van der Waals surface area contributed by atoms with Crippen LogP contribution in [0.4, 0.5) is 11.6 Å². The molecule has 8 nitrogen and oxygen atoms in total. The van der Waals surface area contributed by atoms with Gasteiger partial charge < -0.3 is 10.2 Å². The molecule has 1 N–H and O–H groups in total. The first-order valence-electron chi connectivity index (χ1n) is 13.4. The number of unbranched alkanes of at least 4 members (excludes halogenated alkanes) is 1. The molecule has 0 unspecified atom stereocenters. The highest BCUT2D eigenvalue weighted by Crippen LogP contribution is 2.33. The molecule has 2 aliphatic rings. The molecule has 1 saturated carbocycles. The maximum absolute atomic E-state index is 14.1. The number of hydrogen-bond acceptors (Lipinski definition) is 7. The number of rotatable bonds is 6. The van der Waals surface area contributed by atoms with Crippen molar-refractivity contribution < 1.29 is 4.79 Å². The van der Waals surface area contributed by atoms with Gasteiger partial charge in [-0.1, -0.05) is 19.4 Å². The molecule has 3 aromatic rings. The second-order valence-corrected chi connectivity index (χ2v) is 10.7. The summed E-state index contributed by atoms with van der Waals surface area (Å²) in [6, 6.07) is 7.02. The van der Waals surface area contributed by atoms with E-state index in [9.17, 15) is 9.59 Å². The lowest BCUT2D eigenvalue weighted by molar-refractivity contribution is -0.120. The molecule has 0 radical (unpaired) electrons. The van der Waals surface area contributed by atoms with E-state index in [2.05, 4.69) is 66.1 Å². The number of fused-ring (bicyclic) bond motifs is 3. The lowest BCUT2D eigenvalue weighted by Gasteiger charge is -2.44. The monoisotopic (exact) mass is 490 g/mol. The molecule has 5 rings (SSSR count). The molecule has 192 valence electrons. The molecule has 0 spiro atoms. The summed E-state index contributed by atoms with van der Waals surface area (Å²) in [7, 11) is 2.17. The van der Waals surface area contributed by atoms with E-state index in [0.717, 1.165) is 48.9 Å². The van der Waals surface area contributed by atoms with Gasteiger partial charge in [0, 0.05) is 67.9 Å². The fourth-order valence-electron chi connectivity index (χ4n) is 5.74. The van der Waals surface area contributed by atoms with Crippen LogP contribution in [-0.4, -0.2) is 64.0 Å². The van der Waals surface area contributed by atoms with Crippen LogP contribution >= 0.6 is 0 Å². The van der Waals surface area contributed by atoms with Gasteiger partial charge in [0.25, 0.3) is 5.56 Å². The van der Waals surface area contributed by atoms with Gasteiger partial charge in [-0.15, -0.1) is 0 Å². The minimum absolute atomic E-state index is 0.0215. The first kappa shape index (κ1) is 24.7. The van der Waals surface area contributed by atoms with Crippen LogP contribution in [0.15, 0.2) is 29.2 Å².